The summed E-state index contributed by atoms with van der Waals surface area (Å²) in [6, 6.07) is 6.54. The Balaban J connectivity index is 2.43. The van der Waals surface area contributed by atoms with Crippen molar-refractivity contribution in [3.8, 4) is 0 Å². The molecule has 1 heterocycles. The molecule has 0 radical (unpaired) electrons. The van der Waals surface area contributed by atoms with Crippen LogP contribution in [0.25, 0.3) is 0 Å². The van der Waals surface area contributed by atoms with Crippen LogP contribution in [0.2, 0.25) is 0 Å². The SMILES string of the molecule is CCNc1nc(CC)nc(Sc2cc(C)ccc2C)c1C. The Labute approximate surface area is 131 Å². The molecule has 0 saturated carbocycles. The highest BCUT2D eigenvalue weighted by atomic mass is 32.2. The van der Waals surface area contributed by atoms with E-state index in [1.54, 1.807) is 11.8 Å². The molecule has 1 N–H and O–H groups in total. The highest BCUT2D eigenvalue weighted by Crippen LogP contribution is 2.33. The van der Waals surface area contributed by atoms with Gasteiger partial charge >= 0.3 is 0 Å². The first-order chi connectivity index (χ1) is 10.0. The minimum atomic E-state index is 0.846. The topological polar surface area (TPSA) is 37.8 Å². The number of nitrogens with zero attached hydrogens (tertiary/aromatic N) is 2. The molecule has 0 saturated heterocycles. The van der Waals surface area contributed by atoms with Crippen molar-refractivity contribution >= 4 is 17.6 Å². The highest BCUT2D eigenvalue weighted by molar-refractivity contribution is 7.99. The molecule has 2 aromatic rings. The van der Waals surface area contributed by atoms with Crippen molar-refractivity contribution in [1.29, 1.82) is 0 Å². The van der Waals surface area contributed by atoms with Gasteiger partial charge in [0.2, 0.25) is 0 Å². The van der Waals surface area contributed by atoms with Crippen molar-refractivity contribution in [3.63, 3.8) is 0 Å². The molecule has 21 heavy (non-hydrogen) atoms. The number of nitrogens with one attached hydrogen (secondary N) is 1. The first kappa shape index (κ1) is 15.8. The van der Waals surface area contributed by atoms with E-state index in [4.69, 9.17) is 4.98 Å². The summed E-state index contributed by atoms with van der Waals surface area (Å²) in [6.07, 6.45) is 0.846. The van der Waals surface area contributed by atoms with Gasteiger partial charge < -0.3 is 5.32 Å². The zero-order valence-electron chi connectivity index (χ0n) is 13.4. The average molecular weight is 301 g/mol. The largest absolute Gasteiger partial charge is 0.370 e. The number of aromatic nitrogens is 2. The van der Waals surface area contributed by atoms with Crippen molar-refractivity contribution in [2.24, 2.45) is 0 Å². The molecule has 0 aliphatic rings. The average Bonchev–Trinajstić information content (AvgIpc) is 2.47. The fourth-order valence-corrected chi connectivity index (χ4v) is 3.14. The molecule has 4 heteroatoms. The summed E-state index contributed by atoms with van der Waals surface area (Å²) in [5.41, 5.74) is 3.68. The molecule has 3 nitrogen and oxygen atoms in total. The van der Waals surface area contributed by atoms with Gasteiger partial charge in [-0.2, -0.15) is 0 Å². The van der Waals surface area contributed by atoms with Crippen LogP contribution < -0.4 is 5.32 Å². The quantitative estimate of drug-likeness (QED) is 0.822. The minimum Gasteiger partial charge on any atom is -0.370 e. The van der Waals surface area contributed by atoms with Crippen molar-refractivity contribution < 1.29 is 0 Å². The summed E-state index contributed by atoms with van der Waals surface area (Å²) >= 11 is 1.73. The van der Waals surface area contributed by atoms with Crippen LogP contribution in [0.3, 0.4) is 0 Å². The lowest BCUT2D eigenvalue weighted by atomic mass is 10.2. The lowest BCUT2D eigenvalue weighted by molar-refractivity contribution is 0.870. The lowest BCUT2D eigenvalue weighted by Crippen LogP contribution is -2.07. The zero-order chi connectivity index (χ0) is 15.4. The molecule has 0 amide bonds. The van der Waals surface area contributed by atoms with Crippen molar-refractivity contribution in [2.45, 2.75) is 51.0 Å². The second kappa shape index (κ2) is 6.94. The molecule has 1 aromatic carbocycles. The van der Waals surface area contributed by atoms with Crippen LogP contribution in [0.5, 0.6) is 0 Å². The predicted molar refractivity (Wildman–Crippen MR) is 90.3 cm³/mol. The fraction of sp³-hybridized carbons (Fsp3) is 0.412. The molecule has 112 valence electrons. The Morgan fingerprint density at radius 3 is 2.52 bits per heavy atom. The summed E-state index contributed by atoms with van der Waals surface area (Å²) in [5, 5.41) is 4.39. The maximum atomic E-state index is 4.71. The maximum absolute atomic E-state index is 4.71. The first-order valence-corrected chi connectivity index (χ1v) is 8.23. The van der Waals surface area contributed by atoms with Gasteiger partial charge in [0.05, 0.1) is 0 Å². The normalized spacial score (nSPS) is 10.7. The Morgan fingerprint density at radius 2 is 1.86 bits per heavy atom. The molecule has 2 rings (SSSR count). The predicted octanol–water partition coefficient (Wildman–Crippen LogP) is 4.55. The zero-order valence-corrected chi connectivity index (χ0v) is 14.3. The maximum Gasteiger partial charge on any atom is 0.133 e. The Morgan fingerprint density at radius 1 is 1.10 bits per heavy atom. The van der Waals surface area contributed by atoms with E-state index >= 15 is 0 Å². The number of hydrogen-bond donors (Lipinski definition) is 1. The van der Waals surface area contributed by atoms with Crippen LogP contribution in [0.4, 0.5) is 5.82 Å². The molecular weight excluding hydrogens is 278 g/mol. The number of aryl methyl sites for hydroxylation is 3. The van der Waals surface area contributed by atoms with Crippen LogP contribution in [-0.2, 0) is 6.42 Å². The molecule has 0 aliphatic heterocycles. The Kier molecular flexibility index (Phi) is 5.23. The molecule has 0 fully saturated rings. The summed E-state index contributed by atoms with van der Waals surface area (Å²) in [7, 11) is 0. The minimum absolute atomic E-state index is 0.846. The molecule has 0 unspecified atom stereocenters. The van der Waals surface area contributed by atoms with Gasteiger partial charge in [-0.1, -0.05) is 30.8 Å². The van der Waals surface area contributed by atoms with Gasteiger partial charge in [-0.05, 0) is 44.9 Å². The van der Waals surface area contributed by atoms with Gasteiger partial charge in [-0.15, -0.1) is 0 Å². The van der Waals surface area contributed by atoms with Gasteiger partial charge in [0.25, 0.3) is 0 Å². The van der Waals surface area contributed by atoms with Crippen LogP contribution in [0, 0.1) is 20.8 Å². The standard InChI is InChI=1S/C17H23N3S/c1-6-15-19-16(18-7-2)13(5)17(20-15)21-14-10-11(3)8-9-12(14)4/h8-10H,6-7H2,1-5H3,(H,18,19,20). The van der Waals surface area contributed by atoms with Gasteiger partial charge in [0, 0.05) is 23.4 Å². The second-order valence-electron chi connectivity index (χ2n) is 5.17. The third-order valence-electron chi connectivity index (χ3n) is 3.36. The van der Waals surface area contributed by atoms with Gasteiger partial charge in [0.1, 0.15) is 16.7 Å². The van der Waals surface area contributed by atoms with E-state index in [9.17, 15) is 0 Å². The molecule has 0 aliphatic carbocycles. The van der Waals surface area contributed by atoms with Crippen molar-refractivity contribution in [2.75, 3.05) is 11.9 Å². The van der Waals surface area contributed by atoms with E-state index in [1.807, 2.05) is 0 Å². The van der Waals surface area contributed by atoms with E-state index in [2.05, 4.69) is 63.1 Å². The second-order valence-corrected chi connectivity index (χ2v) is 6.20. The van der Waals surface area contributed by atoms with Crippen molar-refractivity contribution in [3.05, 3.63) is 40.7 Å². The summed E-state index contributed by atoms with van der Waals surface area (Å²) in [4.78, 5) is 10.6. The number of anilines is 1. The van der Waals surface area contributed by atoms with Crippen LogP contribution in [-0.4, -0.2) is 16.5 Å². The number of hydrogen-bond acceptors (Lipinski definition) is 4. The Hall–Kier alpha value is -1.55. The van der Waals surface area contributed by atoms with E-state index < -0.39 is 0 Å². The van der Waals surface area contributed by atoms with Crippen LogP contribution >= 0.6 is 11.8 Å². The molecule has 0 bridgehead atoms. The van der Waals surface area contributed by atoms with E-state index in [-0.39, 0.29) is 0 Å². The van der Waals surface area contributed by atoms with E-state index in [1.165, 1.54) is 16.0 Å². The van der Waals surface area contributed by atoms with E-state index in [0.29, 0.717) is 0 Å². The highest BCUT2D eigenvalue weighted by Gasteiger charge is 2.12. The first-order valence-electron chi connectivity index (χ1n) is 7.41. The summed E-state index contributed by atoms with van der Waals surface area (Å²) < 4.78 is 0. The molecular formula is C17H23N3S. The van der Waals surface area contributed by atoms with Crippen LogP contribution in [0.15, 0.2) is 28.1 Å². The monoisotopic (exact) mass is 301 g/mol. The summed E-state index contributed by atoms with van der Waals surface area (Å²) in [6.45, 7) is 11.4. The third-order valence-corrected chi connectivity index (χ3v) is 4.61. The Bertz CT molecular complexity index is 638. The lowest BCUT2D eigenvalue weighted by Gasteiger charge is -2.13. The number of rotatable bonds is 5. The van der Waals surface area contributed by atoms with E-state index in [0.717, 1.165) is 35.2 Å². The van der Waals surface area contributed by atoms with Crippen LogP contribution in [0.1, 0.15) is 36.4 Å². The van der Waals surface area contributed by atoms with Gasteiger partial charge in [0.15, 0.2) is 0 Å². The van der Waals surface area contributed by atoms with Gasteiger partial charge in [-0.25, -0.2) is 9.97 Å². The molecule has 1 aromatic heterocycles. The van der Waals surface area contributed by atoms with Crippen molar-refractivity contribution in [1.82, 2.24) is 9.97 Å². The smallest absolute Gasteiger partial charge is 0.133 e. The fourth-order valence-electron chi connectivity index (χ4n) is 2.06. The third kappa shape index (κ3) is 3.76. The van der Waals surface area contributed by atoms with Gasteiger partial charge in [-0.3, -0.25) is 0 Å². The molecule has 0 atom stereocenters. The summed E-state index contributed by atoms with van der Waals surface area (Å²) in [5.74, 6) is 1.85. The number of benzene rings is 1. The molecule has 0 spiro atoms.